The molecule has 1 aromatic carbocycles. The summed E-state index contributed by atoms with van der Waals surface area (Å²) in [6, 6.07) is 2.95. The van der Waals surface area contributed by atoms with Gasteiger partial charge in [-0.3, -0.25) is 0 Å². The van der Waals surface area contributed by atoms with Crippen LogP contribution >= 0.6 is 0 Å². The Balaban J connectivity index is 2.71. The monoisotopic (exact) mass is 268 g/mol. The molecule has 108 valence electrons. The Bertz CT molecular complexity index is 413. The molecule has 0 fully saturated rings. The highest BCUT2D eigenvalue weighted by Crippen LogP contribution is 2.29. The lowest BCUT2D eigenvalue weighted by Crippen LogP contribution is -2.13. The Hall–Kier alpha value is -1.45. The number of benzene rings is 1. The maximum atomic E-state index is 13.6. The Morgan fingerprint density at radius 2 is 2.00 bits per heavy atom. The lowest BCUT2D eigenvalue weighted by atomic mass is 9.92. The lowest BCUT2D eigenvalue weighted by molar-refractivity contribution is 0.301. The normalized spacial score (nSPS) is 11.4. The van der Waals surface area contributed by atoms with Gasteiger partial charge in [-0.1, -0.05) is 27.7 Å². The molecule has 0 saturated heterocycles. The van der Waals surface area contributed by atoms with E-state index in [1.54, 1.807) is 6.07 Å². The molecule has 4 heteroatoms. The summed E-state index contributed by atoms with van der Waals surface area (Å²) in [5.41, 5.74) is 7.21. The number of nitrogen functional groups attached to an aromatic ring is 1. The molecule has 3 N–H and O–H groups in total. The van der Waals surface area contributed by atoms with Gasteiger partial charge in [-0.2, -0.15) is 0 Å². The van der Waals surface area contributed by atoms with E-state index in [1.165, 1.54) is 6.07 Å². The molecule has 0 bridgehead atoms. The number of nitrogens with one attached hydrogen (secondary N) is 1. The zero-order valence-corrected chi connectivity index (χ0v) is 12.3. The quantitative estimate of drug-likeness (QED) is 0.765. The van der Waals surface area contributed by atoms with Crippen molar-refractivity contribution in [1.82, 2.24) is 0 Å². The number of hydrogen-bond acceptors (Lipinski definition) is 3. The number of halogens is 1. The van der Waals surface area contributed by atoms with Crippen LogP contribution in [0, 0.1) is 11.2 Å². The molecule has 1 aromatic rings. The molecule has 0 atom stereocenters. The van der Waals surface area contributed by atoms with E-state index in [1.807, 2.05) is 6.92 Å². The summed E-state index contributed by atoms with van der Waals surface area (Å²) in [7, 11) is 0. The minimum absolute atomic E-state index is 0.253. The molecule has 0 saturated carbocycles. The summed E-state index contributed by atoms with van der Waals surface area (Å²) in [6.07, 6.45) is 1.85. The highest BCUT2D eigenvalue weighted by Gasteiger charge is 2.12. The third-order valence-corrected chi connectivity index (χ3v) is 2.76. The number of ether oxygens (including phenoxy) is 1. The van der Waals surface area contributed by atoms with E-state index in [4.69, 9.17) is 10.5 Å². The SMILES string of the molecule is CCCOc1cc(NCCC(C)(C)C)c(N)cc1F. The largest absolute Gasteiger partial charge is 0.490 e. The summed E-state index contributed by atoms with van der Waals surface area (Å²) in [5, 5.41) is 3.24. The van der Waals surface area contributed by atoms with Crippen LogP contribution in [0.15, 0.2) is 12.1 Å². The predicted octanol–water partition coefficient (Wildman–Crippen LogP) is 4.04. The molecule has 0 heterocycles. The van der Waals surface area contributed by atoms with Crippen LogP contribution in [0.4, 0.5) is 15.8 Å². The zero-order valence-electron chi connectivity index (χ0n) is 12.3. The third-order valence-electron chi connectivity index (χ3n) is 2.76. The van der Waals surface area contributed by atoms with E-state index in [0.29, 0.717) is 12.3 Å². The highest BCUT2D eigenvalue weighted by molar-refractivity contribution is 5.68. The van der Waals surface area contributed by atoms with Crippen LogP contribution < -0.4 is 15.8 Å². The third kappa shape index (κ3) is 5.37. The number of hydrogen-bond donors (Lipinski definition) is 2. The second-order valence-corrected chi connectivity index (χ2v) is 5.96. The van der Waals surface area contributed by atoms with E-state index >= 15 is 0 Å². The first-order chi connectivity index (χ1) is 8.83. The van der Waals surface area contributed by atoms with E-state index < -0.39 is 5.82 Å². The molecule has 0 aliphatic heterocycles. The van der Waals surface area contributed by atoms with Crippen LogP contribution in [0.3, 0.4) is 0 Å². The number of rotatable bonds is 6. The second-order valence-electron chi connectivity index (χ2n) is 5.96. The molecule has 0 amide bonds. The van der Waals surface area contributed by atoms with Gasteiger partial charge in [0.05, 0.1) is 18.0 Å². The first kappa shape index (κ1) is 15.6. The van der Waals surface area contributed by atoms with Crippen LogP contribution in [0.1, 0.15) is 40.5 Å². The molecule has 0 aliphatic rings. The van der Waals surface area contributed by atoms with Gasteiger partial charge < -0.3 is 15.8 Å². The van der Waals surface area contributed by atoms with Crippen LogP contribution in [0.5, 0.6) is 5.75 Å². The molecular weight excluding hydrogens is 243 g/mol. The van der Waals surface area contributed by atoms with E-state index in [9.17, 15) is 4.39 Å². The van der Waals surface area contributed by atoms with Crippen molar-refractivity contribution in [2.45, 2.75) is 40.5 Å². The van der Waals surface area contributed by atoms with Gasteiger partial charge in [0.2, 0.25) is 0 Å². The first-order valence-corrected chi connectivity index (χ1v) is 6.79. The van der Waals surface area contributed by atoms with Crippen molar-refractivity contribution in [2.24, 2.45) is 5.41 Å². The fourth-order valence-electron chi connectivity index (χ4n) is 1.62. The van der Waals surface area contributed by atoms with Crippen LogP contribution in [0.25, 0.3) is 0 Å². The first-order valence-electron chi connectivity index (χ1n) is 6.79. The van der Waals surface area contributed by atoms with Gasteiger partial charge in [0.15, 0.2) is 11.6 Å². The lowest BCUT2D eigenvalue weighted by Gasteiger charge is -2.19. The number of nitrogens with two attached hydrogens (primary N) is 1. The smallest absolute Gasteiger partial charge is 0.167 e. The molecule has 0 unspecified atom stereocenters. The standard InChI is InChI=1S/C15H25FN2O/c1-5-8-19-14-10-13(12(17)9-11(14)16)18-7-6-15(2,3)4/h9-10,18H,5-8,17H2,1-4H3. The van der Waals surface area contributed by atoms with Crippen LogP contribution in [-0.4, -0.2) is 13.2 Å². The van der Waals surface area contributed by atoms with Gasteiger partial charge in [0.25, 0.3) is 0 Å². The maximum absolute atomic E-state index is 13.6. The Labute approximate surface area is 115 Å². The second kappa shape index (κ2) is 6.64. The molecule has 3 nitrogen and oxygen atoms in total. The molecule has 0 spiro atoms. The van der Waals surface area contributed by atoms with Crippen LogP contribution in [-0.2, 0) is 0 Å². The average Bonchev–Trinajstić information content (AvgIpc) is 2.29. The fourth-order valence-corrected chi connectivity index (χ4v) is 1.62. The van der Waals surface area contributed by atoms with E-state index in [2.05, 4.69) is 26.1 Å². The van der Waals surface area contributed by atoms with Gasteiger partial charge in [0, 0.05) is 18.7 Å². The van der Waals surface area contributed by atoms with Gasteiger partial charge in [-0.25, -0.2) is 4.39 Å². The van der Waals surface area contributed by atoms with Crippen molar-refractivity contribution in [3.05, 3.63) is 17.9 Å². The molecule has 19 heavy (non-hydrogen) atoms. The van der Waals surface area contributed by atoms with E-state index in [0.717, 1.165) is 25.1 Å². The minimum Gasteiger partial charge on any atom is -0.490 e. The van der Waals surface area contributed by atoms with Crippen molar-refractivity contribution < 1.29 is 9.13 Å². The fraction of sp³-hybridized carbons (Fsp3) is 0.600. The van der Waals surface area contributed by atoms with E-state index in [-0.39, 0.29) is 11.2 Å². The van der Waals surface area contributed by atoms with Crippen molar-refractivity contribution in [1.29, 1.82) is 0 Å². The van der Waals surface area contributed by atoms with Crippen molar-refractivity contribution in [2.75, 3.05) is 24.2 Å². The average molecular weight is 268 g/mol. The van der Waals surface area contributed by atoms with Crippen LogP contribution in [0.2, 0.25) is 0 Å². The maximum Gasteiger partial charge on any atom is 0.167 e. The van der Waals surface area contributed by atoms with Gasteiger partial charge in [-0.15, -0.1) is 0 Å². The van der Waals surface area contributed by atoms with Gasteiger partial charge >= 0.3 is 0 Å². The molecule has 0 radical (unpaired) electrons. The van der Waals surface area contributed by atoms with Gasteiger partial charge in [0.1, 0.15) is 0 Å². The predicted molar refractivity (Wildman–Crippen MR) is 79.2 cm³/mol. The summed E-state index contributed by atoms with van der Waals surface area (Å²) in [6.45, 7) is 9.82. The molecule has 1 rings (SSSR count). The molecule has 0 aromatic heterocycles. The minimum atomic E-state index is -0.410. The number of anilines is 2. The molecular formula is C15H25FN2O. The Morgan fingerprint density at radius 1 is 1.32 bits per heavy atom. The summed E-state index contributed by atoms with van der Waals surface area (Å²) >= 11 is 0. The highest BCUT2D eigenvalue weighted by atomic mass is 19.1. The van der Waals surface area contributed by atoms with Crippen molar-refractivity contribution >= 4 is 11.4 Å². The molecule has 0 aliphatic carbocycles. The Morgan fingerprint density at radius 3 is 2.58 bits per heavy atom. The summed E-state index contributed by atoms with van der Waals surface area (Å²) < 4.78 is 19.0. The van der Waals surface area contributed by atoms with Crippen molar-refractivity contribution in [3.8, 4) is 5.75 Å². The summed E-state index contributed by atoms with van der Waals surface area (Å²) in [4.78, 5) is 0. The topological polar surface area (TPSA) is 47.3 Å². The Kier molecular flexibility index (Phi) is 5.45. The van der Waals surface area contributed by atoms with Crippen molar-refractivity contribution in [3.63, 3.8) is 0 Å². The zero-order chi connectivity index (χ0) is 14.5. The summed E-state index contributed by atoms with van der Waals surface area (Å²) in [5.74, 6) is -0.151. The van der Waals surface area contributed by atoms with Gasteiger partial charge in [-0.05, 0) is 18.3 Å².